The van der Waals surface area contributed by atoms with Gasteiger partial charge in [0.25, 0.3) is 0 Å². The van der Waals surface area contributed by atoms with Gasteiger partial charge in [-0.05, 0) is 43.0 Å². The fourth-order valence-corrected chi connectivity index (χ4v) is 2.46. The molecule has 0 heterocycles. The Morgan fingerprint density at radius 3 is 2.83 bits per heavy atom. The van der Waals surface area contributed by atoms with Crippen LogP contribution in [-0.4, -0.2) is 22.5 Å². The molecule has 1 unspecified atom stereocenters. The van der Waals surface area contributed by atoms with Crippen molar-refractivity contribution >= 4 is 34.7 Å². The van der Waals surface area contributed by atoms with Gasteiger partial charge in [-0.25, -0.2) is 4.39 Å². The Hall–Kier alpha value is -0.810. The molecule has 0 bridgehead atoms. The van der Waals surface area contributed by atoms with Gasteiger partial charge in [0.2, 0.25) is 0 Å². The van der Waals surface area contributed by atoms with Crippen molar-refractivity contribution in [3.63, 3.8) is 0 Å². The third-order valence-corrected chi connectivity index (χ3v) is 3.72. The number of nitrogens with two attached hydrogens (primary N) is 1. The summed E-state index contributed by atoms with van der Waals surface area (Å²) >= 11 is 6.70. The van der Waals surface area contributed by atoms with Gasteiger partial charge in [0.15, 0.2) is 0 Å². The van der Waals surface area contributed by atoms with Crippen LogP contribution >= 0.6 is 24.0 Å². The largest absolute Gasteiger partial charge is 0.389 e. The maximum atomic E-state index is 13.8. The molecule has 2 nitrogen and oxygen atoms in total. The highest BCUT2D eigenvalue weighted by Gasteiger charge is 2.08. The van der Waals surface area contributed by atoms with Crippen LogP contribution in [0.5, 0.6) is 0 Å². The molecule has 100 valence electrons. The Bertz CT molecular complexity index is 410. The second-order valence-electron chi connectivity index (χ2n) is 4.09. The minimum atomic E-state index is -0.310. The van der Waals surface area contributed by atoms with Crippen LogP contribution in [0, 0.1) is 5.82 Å². The van der Waals surface area contributed by atoms with Crippen LogP contribution in [0.15, 0.2) is 18.2 Å². The summed E-state index contributed by atoms with van der Waals surface area (Å²) in [7, 11) is 0. The normalized spacial score (nSPS) is 12.2. The maximum absolute atomic E-state index is 13.8. The Morgan fingerprint density at radius 1 is 1.56 bits per heavy atom. The smallest absolute Gasteiger partial charge is 0.146 e. The van der Waals surface area contributed by atoms with Gasteiger partial charge in [0.05, 0.1) is 5.69 Å². The molecule has 0 spiro atoms. The molecule has 0 radical (unpaired) electrons. The monoisotopic (exact) mass is 286 g/mol. The standard InChI is InChI=1S/C13H19FN2S2/c1-3-18-7-6-9(2)16-12-5-4-10(13(15)17)8-11(12)14/h4-5,8-9,16H,3,6-7H2,1-2H3,(H2,15,17). The number of anilines is 1. The van der Waals surface area contributed by atoms with Gasteiger partial charge in [0, 0.05) is 11.6 Å². The van der Waals surface area contributed by atoms with Crippen molar-refractivity contribution in [3.05, 3.63) is 29.6 Å². The molecular weight excluding hydrogens is 267 g/mol. The number of thioether (sulfide) groups is 1. The number of rotatable bonds is 7. The summed E-state index contributed by atoms with van der Waals surface area (Å²) in [6.07, 6.45) is 1.01. The first-order chi connectivity index (χ1) is 8.54. The number of benzene rings is 1. The van der Waals surface area contributed by atoms with Crippen molar-refractivity contribution in [1.82, 2.24) is 0 Å². The van der Waals surface area contributed by atoms with E-state index in [0.29, 0.717) is 11.3 Å². The molecule has 1 aromatic rings. The quantitative estimate of drug-likeness (QED) is 0.595. The minimum Gasteiger partial charge on any atom is -0.389 e. The average molecular weight is 286 g/mol. The van der Waals surface area contributed by atoms with Crippen molar-refractivity contribution in [2.24, 2.45) is 5.73 Å². The molecule has 0 aromatic heterocycles. The SMILES string of the molecule is CCSCCC(C)Nc1ccc(C(N)=S)cc1F. The fourth-order valence-electron chi connectivity index (χ4n) is 1.53. The lowest BCUT2D eigenvalue weighted by Gasteiger charge is -2.16. The molecule has 0 fully saturated rings. The first-order valence-electron chi connectivity index (χ1n) is 5.98. The van der Waals surface area contributed by atoms with Crippen molar-refractivity contribution < 1.29 is 4.39 Å². The van der Waals surface area contributed by atoms with E-state index in [9.17, 15) is 4.39 Å². The third kappa shape index (κ3) is 4.82. The van der Waals surface area contributed by atoms with Crippen LogP contribution in [0.2, 0.25) is 0 Å². The molecule has 0 aliphatic rings. The minimum absolute atomic E-state index is 0.216. The van der Waals surface area contributed by atoms with Gasteiger partial charge in [-0.3, -0.25) is 0 Å². The molecular formula is C13H19FN2S2. The highest BCUT2D eigenvalue weighted by molar-refractivity contribution is 7.99. The molecule has 0 saturated carbocycles. The molecule has 3 N–H and O–H groups in total. The summed E-state index contributed by atoms with van der Waals surface area (Å²) < 4.78 is 13.8. The number of halogens is 1. The zero-order valence-electron chi connectivity index (χ0n) is 10.7. The van der Waals surface area contributed by atoms with Crippen LogP contribution in [0.3, 0.4) is 0 Å². The molecule has 1 aromatic carbocycles. The van der Waals surface area contributed by atoms with Gasteiger partial charge >= 0.3 is 0 Å². The van der Waals surface area contributed by atoms with E-state index in [1.54, 1.807) is 12.1 Å². The molecule has 0 aliphatic carbocycles. The number of hydrogen-bond acceptors (Lipinski definition) is 3. The Morgan fingerprint density at radius 2 is 2.28 bits per heavy atom. The summed E-state index contributed by atoms with van der Waals surface area (Å²) in [5.74, 6) is 1.89. The Labute approximate surface area is 118 Å². The molecule has 18 heavy (non-hydrogen) atoms. The summed E-state index contributed by atoms with van der Waals surface area (Å²) in [5.41, 5.74) is 6.52. The topological polar surface area (TPSA) is 38.0 Å². The number of nitrogens with one attached hydrogen (secondary N) is 1. The van der Waals surface area contributed by atoms with Crippen LogP contribution in [0.4, 0.5) is 10.1 Å². The lowest BCUT2D eigenvalue weighted by molar-refractivity contribution is 0.625. The Kier molecular flexibility index (Phi) is 6.43. The van der Waals surface area contributed by atoms with Gasteiger partial charge in [0.1, 0.15) is 10.8 Å². The zero-order valence-corrected chi connectivity index (χ0v) is 12.3. The molecule has 0 amide bonds. The summed E-state index contributed by atoms with van der Waals surface area (Å²) in [6.45, 7) is 4.19. The zero-order chi connectivity index (χ0) is 13.5. The number of thiocarbonyl (C=S) groups is 1. The summed E-state index contributed by atoms with van der Waals surface area (Å²) in [5, 5.41) is 3.16. The third-order valence-electron chi connectivity index (χ3n) is 2.55. The van der Waals surface area contributed by atoms with E-state index < -0.39 is 0 Å². The highest BCUT2D eigenvalue weighted by atomic mass is 32.2. The van der Waals surface area contributed by atoms with Crippen molar-refractivity contribution in [2.45, 2.75) is 26.3 Å². The lowest BCUT2D eigenvalue weighted by atomic mass is 10.1. The maximum Gasteiger partial charge on any atom is 0.146 e. The second kappa shape index (κ2) is 7.59. The van der Waals surface area contributed by atoms with E-state index in [4.69, 9.17) is 18.0 Å². The predicted octanol–water partition coefficient (Wildman–Crippen LogP) is 3.40. The Balaban J connectivity index is 2.59. The molecule has 1 atom stereocenters. The molecule has 5 heteroatoms. The van der Waals surface area contributed by atoms with Gasteiger partial charge in [-0.15, -0.1) is 0 Å². The van der Waals surface area contributed by atoms with Gasteiger partial charge < -0.3 is 11.1 Å². The van der Waals surface area contributed by atoms with Gasteiger partial charge in [-0.2, -0.15) is 11.8 Å². The van der Waals surface area contributed by atoms with E-state index >= 15 is 0 Å². The van der Waals surface area contributed by atoms with Crippen LogP contribution in [0.1, 0.15) is 25.8 Å². The molecule has 1 rings (SSSR count). The van der Waals surface area contributed by atoms with Crippen molar-refractivity contribution in [3.8, 4) is 0 Å². The van der Waals surface area contributed by atoms with E-state index in [2.05, 4.69) is 19.2 Å². The van der Waals surface area contributed by atoms with E-state index in [-0.39, 0.29) is 16.8 Å². The van der Waals surface area contributed by atoms with Crippen molar-refractivity contribution in [2.75, 3.05) is 16.8 Å². The number of hydrogen-bond donors (Lipinski definition) is 2. The van der Waals surface area contributed by atoms with E-state index in [1.807, 2.05) is 11.8 Å². The first-order valence-corrected chi connectivity index (χ1v) is 7.54. The fraction of sp³-hybridized carbons (Fsp3) is 0.462. The lowest BCUT2D eigenvalue weighted by Crippen LogP contribution is -2.17. The van der Waals surface area contributed by atoms with Crippen LogP contribution < -0.4 is 11.1 Å². The average Bonchev–Trinajstić information content (AvgIpc) is 2.32. The van der Waals surface area contributed by atoms with E-state index in [0.717, 1.165) is 17.9 Å². The highest BCUT2D eigenvalue weighted by Crippen LogP contribution is 2.18. The molecule has 0 saturated heterocycles. The first kappa shape index (κ1) is 15.2. The van der Waals surface area contributed by atoms with Crippen LogP contribution in [0.25, 0.3) is 0 Å². The van der Waals surface area contributed by atoms with Gasteiger partial charge in [-0.1, -0.05) is 19.1 Å². The predicted molar refractivity (Wildman–Crippen MR) is 83.0 cm³/mol. The second-order valence-corrected chi connectivity index (χ2v) is 5.92. The molecule has 0 aliphatic heterocycles. The summed E-state index contributed by atoms with van der Waals surface area (Å²) in [4.78, 5) is 0.216. The van der Waals surface area contributed by atoms with Crippen LogP contribution in [-0.2, 0) is 0 Å². The van der Waals surface area contributed by atoms with Crippen molar-refractivity contribution in [1.29, 1.82) is 0 Å². The summed E-state index contributed by atoms with van der Waals surface area (Å²) in [6, 6.07) is 5.04. The van der Waals surface area contributed by atoms with E-state index in [1.165, 1.54) is 6.07 Å².